The van der Waals surface area contributed by atoms with E-state index in [1.807, 2.05) is 6.92 Å². The summed E-state index contributed by atoms with van der Waals surface area (Å²) in [6.45, 7) is 3.54. The molecule has 7 nitrogen and oxygen atoms in total. The van der Waals surface area contributed by atoms with E-state index in [0.29, 0.717) is 25.2 Å². The van der Waals surface area contributed by atoms with Gasteiger partial charge in [0.05, 0.1) is 17.5 Å². The number of aromatic nitrogens is 1. The highest BCUT2D eigenvalue weighted by molar-refractivity contribution is 5.96. The molecular weight excluding hydrogens is 296 g/mol. The molecule has 1 unspecified atom stereocenters. The molecule has 2 N–H and O–H groups in total. The minimum atomic E-state index is -0.270. The standard InChI is InChI=1S/C16H22N4O3/c1-3-13-12(4-5-18-13)16(23)19-8-11(9-19)20-7-10(6-14(20)21)15(22)17-2/h4-5,10-11,18H,3,6-9H2,1-2H3,(H,17,22). The van der Waals surface area contributed by atoms with E-state index in [-0.39, 0.29) is 36.1 Å². The maximum Gasteiger partial charge on any atom is 0.255 e. The van der Waals surface area contributed by atoms with Crippen LogP contribution in [0.5, 0.6) is 0 Å². The lowest BCUT2D eigenvalue weighted by molar-refractivity contribution is -0.132. The lowest BCUT2D eigenvalue weighted by Gasteiger charge is -2.44. The fraction of sp³-hybridized carbons (Fsp3) is 0.562. The Morgan fingerprint density at radius 2 is 2.09 bits per heavy atom. The van der Waals surface area contributed by atoms with Crippen molar-refractivity contribution in [1.82, 2.24) is 20.1 Å². The van der Waals surface area contributed by atoms with Gasteiger partial charge in [-0.15, -0.1) is 0 Å². The van der Waals surface area contributed by atoms with Crippen LogP contribution in [0.25, 0.3) is 0 Å². The maximum absolute atomic E-state index is 12.5. The molecule has 1 atom stereocenters. The number of carbonyl (C=O) groups excluding carboxylic acids is 3. The lowest BCUT2D eigenvalue weighted by atomic mass is 10.0. The first-order chi connectivity index (χ1) is 11.0. The molecule has 2 aliphatic heterocycles. The van der Waals surface area contributed by atoms with E-state index in [1.165, 1.54) is 0 Å². The Kier molecular flexibility index (Phi) is 4.11. The Morgan fingerprint density at radius 1 is 1.35 bits per heavy atom. The van der Waals surface area contributed by atoms with E-state index in [1.54, 1.807) is 29.1 Å². The number of nitrogens with one attached hydrogen (secondary N) is 2. The summed E-state index contributed by atoms with van der Waals surface area (Å²) < 4.78 is 0. The highest BCUT2D eigenvalue weighted by atomic mass is 16.2. The zero-order valence-electron chi connectivity index (χ0n) is 13.5. The van der Waals surface area contributed by atoms with E-state index < -0.39 is 0 Å². The van der Waals surface area contributed by atoms with Gasteiger partial charge in [-0.25, -0.2) is 0 Å². The number of rotatable bonds is 4. The minimum absolute atomic E-state index is 0.00610. The van der Waals surface area contributed by atoms with Gasteiger partial charge >= 0.3 is 0 Å². The summed E-state index contributed by atoms with van der Waals surface area (Å²) in [5.74, 6) is -0.345. The van der Waals surface area contributed by atoms with Gasteiger partial charge in [-0.3, -0.25) is 14.4 Å². The van der Waals surface area contributed by atoms with Gasteiger partial charge in [0.25, 0.3) is 5.91 Å². The van der Waals surface area contributed by atoms with Crippen LogP contribution in [-0.4, -0.2) is 65.2 Å². The Hall–Kier alpha value is -2.31. The number of hydrogen-bond donors (Lipinski definition) is 2. The molecule has 3 amide bonds. The zero-order valence-corrected chi connectivity index (χ0v) is 13.5. The second-order valence-electron chi connectivity index (χ2n) is 6.15. The number of aromatic amines is 1. The number of likely N-dealkylation sites (tertiary alicyclic amines) is 2. The third-order valence-corrected chi connectivity index (χ3v) is 4.78. The van der Waals surface area contributed by atoms with E-state index in [0.717, 1.165) is 12.1 Å². The van der Waals surface area contributed by atoms with E-state index in [2.05, 4.69) is 10.3 Å². The van der Waals surface area contributed by atoms with Crippen LogP contribution in [0, 0.1) is 5.92 Å². The van der Waals surface area contributed by atoms with Crippen molar-refractivity contribution in [2.45, 2.75) is 25.8 Å². The summed E-state index contributed by atoms with van der Waals surface area (Å²) in [4.78, 5) is 42.8. The van der Waals surface area contributed by atoms with Crippen LogP contribution in [0.2, 0.25) is 0 Å². The van der Waals surface area contributed by atoms with Crippen molar-refractivity contribution >= 4 is 17.7 Å². The average molecular weight is 318 g/mol. The lowest BCUT2D eigenvalue weighted by Crippen LogP contribution is -2.61. The molecular formula is C16H22N4O3. The number of aryl methyl sites for hydroxylation is 1. The summed E-state index contributed by atoms with van der Waals surface area (Å²) in [6, 6.07) is 1.84. The van der Waals surface area contributed by atoms with Crippen LogP contribution in [0.15, 0.2) is 12.3 Å². The molecule has 3 rings (SSSR count). The molecule has 0 radical (unpaired) electrons. The SMILES string of the molecule is CCc1[nH]ccc1C(=O)N1CC(N2CC(C(=O)NC)CC2=O)C1. The third kappa shape index (κ3) is 2.71. The molecule has 1 aromatic rings. The van der Waals surface area contributed by atoms with Gasteiger partial charge in [0.1, 0.15) is 0 Å². The molecule has 0 spiro atoms. The first-order valence-corrected chi connectivity index (χ1v) is 8.01. The topological polar surface area (TPSA) is 85.5 Å². The van der Waals surface area contributed by atoms with Gasteiger partial charge in [-0.1, -0.05) is 6.92 Å². The molecule has 0 aliphatic carbocycles. The summed E-state index contributed by atoms with van der Waals surface area (Å²) in [5, 5.41) is 2.60. The number of nitrogens with zero attached hydrogens (tertiary/aromatic N) is 2. The fourth-order valence-corrected chi connectivity index (χ4v) is 3.35. The van der Waals surface area contributed by atoms with E-state index in [4.69, 9.17) is 0 Å². The molecule has 1 aromatic heterocycles. The van der Waals surface area contributed by atoms with Crippen molar-refractivity contribution in [1.29, 1.82) is 0 Å². The molecule has 0 bridgehead atoms. The first kappa shape index (κ1) is 15.6. The molecule has 0 saturated carbocycles. The summed E-state index contributed by atoms with van der Waals surface area (Å²) >= 11 is 0. The molecule has 2 saturated heterocycles. The molecule has 2 aliphatic rings. The zero-order chi connectivity index (χ0) is 16.6. The summed E-state index contributed by atoms with van der Waals surface area (Å²) in [5.41, 5.74) is 1.65. The number of carbonyl (C=O) groups is 3. The predicted molar refractivity (Wildman–Crippen MR) is 83.7 cm³/mol. The van der Waals surface area contributed by atoms with Crippen molar-refractivity contribution < 1.29 is 14.4 Å². The van der Waals surface area contributed by atoms with Crippen LogP contribution in [0.1, 0.15) is 29.4 Å². The van der Waals surface area contributed by atoms with Crippen molar-refractivity contribution in [2.75, 3.05) is 26.7 Å². The Balaban J connectivity index is 1.58. The average Bonchev–Trinajstić information content (AvgIpc) is 3.11. The monoisotopic (exact) mass is 318 g/mol. The van der Waals surface area contributed by atoms with Gasteiger partial charge in [0.2, 0.25) is 11.8 Å². The van der Waals surface area contributed by atoms with Crippen molar-refractivity contribution in [2.24, 2.45) is 5.92 Å². The van der Waals surface area contributed by atoms with Crippen LogP contribution in [0.3, 0.4) is 0 Å². The normalized spacial score (nSPS) is 21.5. The van der Waals surface area contributed by atoms with Gasteiger partial charge in [0, 0.05) is 45.0 Å². The molecule has 2 fully saturated rings. The second kappa shape index (κ2) is 6.06. The van der Waals surface area contributed by atoms with Crippen molar-refractivity contribution in [3.05, 3.63) is 23.5 Å². The Morgan fingerprint density at radius 3 is 2.74 bits per heavy atom. The molecule has 3 heterocycles. The molecule has 7 heteroatoms. The van der Waals surface area contributed by atoms with E-state index in [9.17, 15) is 14.4 Å². The van der Waals surface area contributed by atoms with Crippen molar-refractivity contribution in [3.8, 4) is 0 Å². The summed E-state index contributed by atoms with van der Waals surface area (Å²) in [6.07, 6.45) is 2.83. The highest BCUT2D eigenvalue weighted by Gasteiger charge is 2.43. The van der Waals surface area contributed by atoms with Gasteiger partial charge in [-0.2, -0.15) is 0 Å². The Labute approximate surface area is 135 Å². The largest absolute Gasteiger partial charge is 0.364 e. The summed E-state index contributed by atoms with van der Waals surface area (Å²) in [7, 11) is 1.58. The number of H-pyrrole nitrogens is 1. The van der Waals surface area contributed by atoms with Crippen molar-refractivity contribution in [3.63, 3.8) is 0 Å². The quantitative estimate of drug-likeness (QED) is 0.819. The third-order valence-electron chi connectivity index (χ3n) is 4.78. The Bertz CT molecular complexity index is 633. The second-order valence-corrected chi connectivity index (χ2v) is 6.15. The molecule has 23 heavy (non-hydrogen) atoms. The minimum Gasteiger partial charge on any atom is -0.364 e. The maximum atomic E-state index is 12.5. The molecule has 0 aromatic carbocycles. The van der Waals surface area contributed by atoms with Crippen LogP contribution in [0.4, 0.5) is 0 Å². The van der Waals surface area contributed by atoms with Crippen LogP contribution in [-0.2, 0) is 16.0 Å². The number of amides is 3. The predicted octanol–water partition coefficient (Wildman–Crippen LogP) is -0.00400. The first-order valence-electron chi connectivity index (χ1n) is 8.01. The van der Waals surface area contributed by atoms with Crippen LogP contribution >= 0.6 is 0 Å². The smallest absolute Gasteiger partial charge is 0.255 e. The van der Waals surface area contributed by atoms with Gasteiger partial charge in [-0.05, 0) is 12.5 Å². The van der Waals surface area contributed by atoms with Crippen LogP contribution < -0.4 is 5.32 Å². The highest BCUT2D eigenvalue weighted by Crippen LogP contribution is 2.26. The number of hydrogen-bond acceptors (Lipinski definition) is 3. The van der Waals surface area contributed by atoms with Gasteiger partial charge < -0.3 is 20.1 Å². The van der Waals surface area contributed by atoms with E-state index >= 15 is 0 Å². The fourth-order valence-electron chi connectivity index (χ4n) is 3.35. The molecule has 124 valence electrons. The van der Waals surface area contributed by atoms with Gasteiger partial charge in [0.15, 0.2) is 0 Å².